The van der Waals surface area contributed by atoms with E-state index in [-0.39, 0.29) is 21.5 Å². The average Bonchev–Trinajstić information content (AvgIpc) is 2.94. The smallest absolute Gasteiger partial charge is 0.241 e. The first kappa shape index (κ1) is 16.1. The molecule has 21 heavy (non-hydrogen) atoms. The summed E-state index contributed by atoms with van der Waals surface area (Å²) in [5.41, 5.74) is 5.79. The van der Waals surface area contributed by atoms with Gasteiger partial charge in [-0.1, -0.05) is 11.6 Å². The molecule has 1 fully saturated rings. The molecule has 1 saturated heterocycles. The van der Waals surface area contributed by atoms with Gasteiger partial charge in [0.05, 0.1) is 21.6 Å². The van der Waals surface area contributed by atoms with Gasteiger partial charge in [-0.05, 0) is 38.0 Å². The number of halogens is 1. The number of carbonyl (C=O) groups excluding carboxylic acids is 1. The number of amides is 1. The van der Waals surface area contributed by atoms with Gasteiger partial charge in [0.25, 0.3) is 0 Å². The van der Waals surface area contributed by atoms with Gasteiger partial charge < -0.3 is 10.6 Å². The third-order valence-corrected chi connectivity index (χ3v) is 5.28. The first-order valence-corrected chi connectivity index (χ1v) is 8.53. The molecular weight excluding hydrogens is 314 g/mol. The van der Waals surface area contributed by atoms with E-state index in [1.807, 2.05) is 0 Å². The Kier molecular flexibility index (Phi) is 4.75. The topological polar surface area (TPSA) is 92.5 Å². The van der Waals surface area contributed by atoms with Crippen molar-refractivity contribution in [1.29, 1.82) is 0 Å². The van der Waals surface area contributed by atoms with E-state index in [1.165, 1.54) is 25.1 Å². The van der Waals surface area contributed by atoms with Crippen LogP contribution in [0.25, 0.3) is 0 Å². The van der Waals surface area contributed by atoms with Gasteiger partial charge in [-0.15, -0.1) is 0 Å². The lowest BCUT2D eigenvalue weighted by Gasteiger charge is -2.21. The van der Waals surface area contributed by atoms with Gasteiger partial charge in [0.2, 0.25) is 15.9 Å². The number of hydrogen-bond donors (Lipinski definition) is 2. The lowest BCUT2D eigenvalue weighted by molar-refractivity contribution is -0.131. The third-order valence-electron chi connectivity index (χ3n) is 3.40. The number of sulfonamides is 1. The number of nitrogens with two attached hydrogens (primary N) is 1. The van der Waals surface area contributed by atoms with Crippen molar-refractivity contribution >= 4 is 33.2 Å². The van der Waals surface area contributed by atoms with Crippen molar-refractivity contribution in [3.63, 3.8) is 0 Å². The Morgan fingerprint density at radius 2 is 2.00 bits per heavy atom. The predicted molar refractivity (Wildman–Crippen MR) is 81.5 cm³/mol. The zero-order valence-corrected chi connectivity index (χ0v) is 13.2. The molecule has 1 heterocycles. The minimum absolute atomic E-state index is 0.00882. The number of nitrogen functional groups attached to an aromatic ring is 1. The van der Waals surface area contributed by atoms with Gasteiger partial charge in [0, 0.05) is 13.1 Å². The number of anilines is 1. The van der Waals surface area contributed by atoms with Crippen molar-refractivity contribution in [2.45, 2.75) is 30.7 Å². The molecule has 1 aliphatic rings. The molecule has 1 atom stereocenters. The largest absolute Gasteiger partial charge is 0.397 e. The van der Waals surface area contributed by atoms with Crippen LogP contribution in [0.2, 0.25) is 5.02 Å². The summed E-state index contributed by atoms with van der Waals surface area (Å²) < 4.78 is 26.9. The maximum atomic E-state index is 12.2. The highest BCUT2D eigenvalue weighted by molar-refractivity contribution is 7.89. The number of carbonyl (C=O) groups is 1. The summed E-state index contributed by atoms with van der Waals surface area (Å²) in [4.78, 5) is 13.8. The second-order valence-corrected chi connectivity index (χ2v) is 7.18. The van der Waals surface area contributed by atoms with E-state index >= 15 is 0 Å². The molecule has 0 bridgehead atoms. The summed E-state index contributed by atoms with van der Waals surface area (Å²) in [5.74, 6) is -0.210. The van der Waals surface area contributed by atoms with Crippen molar-refractivity contribution in [2.24, 2.45) is 0 Å². The first-order valence-electron chi connectivity index (χ1n) is 6.67. The van der Waals surface area contributed by atoms with E-state index in [0.29, 0.717) is 13.1 Å². The zero-order valence-electron chi connectivity index (χ0n) is 11.7. The van der Waals surface area contributed by atoms with E-state index < -0.39 is 16.1 Å². The Balaban J connectivity index is 2.12. The van der Waals surface area contributed by atoms with Crippen LogP contribution in [0, 0.1) is 0 Å². The maximum Gasteiger partial charge on any atom is 0.241 e. The average molecular weight is 332 g/mol. The van der Waals surface area contributed by atoms with Crippen LogP contribution in [0.15, 0.2) is 23.1 Å². The number of likely N-dealkylation sites (tertiary alicyclic amines) is 1. The van der Waals surface area contributed by atoms with E-state index in [2.05, 4.69) is 4.72 Å². The second-order valence-electron chi connectivity index (χ2n) is 5.06. The molecule has 0 spiro atoms. The van der Waals surface area contributed by atoms with Crippen LogP contribution in [0.1, 0.15) is 19.8 Å². The van der Waals surface area contributed by atoms with Crippen molar-refractivity contribution in [1.82, 2.24) is 9.62 Å². The van der Waals surface area contributed by atoms with Crippen LogP contribution in [0.4, 0.5) is 5.69 Å². The zero-order chi connectivity index (χ0) is 15.6. The molecule has 6 nitrogen and oxygen atoms in total. The van der Waals surface area contributed by atoms with Crippen molar-refractivity contribution < 1.29 is 13.2 Å². The molecule has 0 aromatic heterocycles. The van der Waals surface area contributed by atoms with Gasteiger partial charge in [0.15, 0.2) is 0 Å². The fourth-order valence-corrected chi connectivity index (χ4v) is 3.60. The predicted octanol–water partition coefficient (Wildman–Crippen LogP) is 1.21. The molecule has 116 valence electrons. The molecule has 0 saturated carbocycles. The molecule has 1 amide bonds. The van der Waals surface area contributed by atoms with Gasteiger partial charge in [-0.25, -0.2) is 8.42 Å². The summed E-state index contributed by atoms with van der Waals surface area (Å²) in [5, 5.41) is 0.287. The molecule has 3 N–H and O–H groups in total. The highest BCUT2D eigenvalue weighted by atomic mass is 35.5. The number of rotatable bonds is 4. The first-order chi connectivity index (χ1) is 9.81. The van der Waals surface area contributed by atoms with Crippen molar-refractivity contribution in [2.75, 3.05) is 18.8 Å². The summed E-state index contributed by atoms with van der Waals surface area (Å²) in [7, 11) is -3.81. The molecule has 0 aliphatic carbocycles. The third kappa shape index (κ3) is 3.66. The second kappa shape index (κ2) is 6.21. The maximum absolute atomic E-state index is 12.2. The van der Waals surface area contributed by atoms with E-state index in [4.69, 9.17) is 17.3 Å². The molecule has 2 rings (SSSR count). The highest BCUT2D eigenvalue weighted by Gasteiger charge is 2.27. The summed E-state index contributed by atoms with van der Waals surface area (Å²) in [6.07, 6.45) is 1.91. The summed E-state index contributed by atoms with van der Waals surface area (Å²) >= 11 is 5.77. The van der Waals surface area contributed by atoms with E-state index in [0.717, 1.165) is 12.8 Å². The van der Waals surface area contributed by atoms with Crippen LogP contribution in [-0.4, -0.2) is 38.4 Å². The number of hydrogen-bond acceptors (Lipinski definition) is 4. The minimum Gasteiger partial charge on any atom is -0.397 e. The molecule has 1 aromatic rings. The molecule has 1 unspecified atom stereocenters. The lowest BCUT2D eigenvalue weighted by atomic mass is 10.3. The fraction of sp³-hybridized carbons (Fsp3) is 0.462. The van der Waals surface area contributed by atoms with E-state index in [1.54, 1.807) is 4.90 Å². The monoisotopic (exact) mass is 331 g/mol. The van der Waals surface area contributed by atoms with Crippen molar-refractivity contribution in [3.05, 3.63) is 23.2 Å². The number of benzene rings is 1. The summed E-state index contributed by atoms with van der Waals surface area (Å²) in [6.45, 7) is 2.90. The Labute approximate surface area is 129 Å². The number of nitrogens with one attached hydrogen (secondary N) is 1. The van der Waals surface area contributed by atoms with Crippen LogP contribution in [0.3, 0.4) is 0 Å². The van der Waals surface area contributed by atoms with Gasteiger partial charge in [-0.3, -0.25) is 4.79 Å². The fourth-order valence-electron chi connectivity index (χ4n) is 2.25. The molecule has 8 heteroatoms. The Morgan fingerprint density at radius 1 is 1.38 bits per heavy atom. The minimum atomic E-state index is -3.81. The number of nitrogens with zero attached hydrogens (tertiary/aromatic N) is 1. The quantitative estimate of drug-likeness (QED) is 0.811. The van der Waals surface area contributed by atoms with Gasteiger partial charge in [0.1, 0.15) is 0 Å². The van der Waals surface area contributed by atoms with Crippen LogP contribution >= 0.6 is 11.6 Å². The molecular formula is C13H18ClN3O3S. The normalized spacial score (nSPS) is 17.0. The molecule has 1 aliphatic heterocycles. The van der Waals surface area contributed by atoms with Crippen LogP contribution < -0.4 is 10.5 Å². The lowest BCUT2D eigenvalue weighted by Crippen LogP contribution is -2.45. The molecule has 0 radical (unpaired) electrons. The summed E-state index contributed by atoms with van der Waals surface area (Å²) in [6, 6.07) is 3.23. The SMILES string of the molecule is CC(NS(=O)(=O)c1ccc(Cl)c(N)c1)C(=O)N1CCCC1. The Hall–Kier alpha value is -1.31. The highest BCUT2D eigenvalue weighted by Crippen LogP contribution is 2.22. The van der Waals surface area contributed by atoms with Crippen molar-refractivity contribution in [3.8, 4) is 0 Å². The Morgan fingerprint density at radius 3 is 2.57 bits per heavy atom. The van der Waals surface area contributed by atoms with Crippen LogP contribution in [0.5, 0.6) is 0 Å². The standard InChI is InChI=1S/C13H18ClN3O3S/c1-9(13(18)17-6-2-3-7-17)16-21(19,20)10-4-5-11(14)12(15)8-10/h4-5,8-9,16H,2-3,6-7,15H2,1H3. The van der Waals surface area contributed by atoms with Crippen LogP contribution in [-0.2, 0) is 14.8 Å². The van der Waals surface area contributed by atoms with Gasteiger partial charge >= 0.3 is 0 Å². The van der Waals surface area contributed by atoms with Gasteiger partial charge in [-0.2, -0.15) is 4.72 Å². The molecule has 1 aromatic carbocycles. The Bertz CT molecular complexity index is 642. The van der Waals surface area contributed by atoms with E-state index in [9.17, 15) is 13.2 Å².